The summed E-state index contributed by atoms with van der Waals surface area (Å²) in [4.78, 5) is 18.3. The Morgan fingerprint density at radius 1 is 0.333 bits per heavy atom. The molecule has 0 spiro atoms. The maximum atomic E-state index is 8.19. The number of aromatic amines is 2. The maximum absolute atomic E-state index is 8.19. The van der Waals surface area contributed by atoms with Gasteiger partial charge in [0.05, 0.1) is 22.8 Å². The Balaban J connectivity index is 0.00000133. The number of hydrogen-bond acceptors (Lipinski definition) is 3. The van der Waals surface area contributed by atoms with E-state index < -0.39 is 0 Å². The van der Waals surface area contributed by atoms with Crippen molar-refractivity contribution in [2.45, 2.75) is 0 Å². The standard InChI is InChI=1S/C44H30N4.2O.V/c1-5-13-29(14-6-1)41-33-21-23-35(45-33)42(30-15-7-2-8-16-30)37-25-27-39(47-37)44(32-19-11-4-12-20-32)40-28-26-38(48-40)43(31-17-9-3-10-18-31)36-24-22-34(41)46-36;;;/h1-28,45,48H;;;/q;;-2;+2. The van der Waals surface area contributed by atoms with E-state index in [9.17, 15) is 0 Å². The van der Waals surface area contributed by atoms with Crippen LogP contribution in [0.25, 0.3) is 90.9 Å². The topological polar surface area (TPSA) is 103 Å². The first-order chi connectivity index (χ1) is 24.8. The van der Waals surface area contributed by atoms with Crippen LogP contribution in [-0.4, -0.2) is 19.9 Å². The first-order valence-electron chi connectivity index (χ1n) is 16.4. The molecule has 0 amide bonds. The zero-order valence-corrected chi connectivity index (χ0v) is 28.7. The van der Waals surface area contributed by atoms with Gasteiger partial charge in [-0.05, 0) is 70.8 Å². The molecule has 4 aromatic carbocycles. The van der Waals surface area contributed by atoms with Crippen LogP contribution in [0, 0.1) is 0 Å². The van der Waals surface area contributed by atoms with Crippen LogP contribution in [-0.2, 0) is 26.5 Å². The van der Waals surface area contributed by atoms with Gasteiger partial charge in [-0.1, -0.05) is 121 Å². The van der Waals surface area contributed by atoms with Crippen LogP contribution in [0.3, 0.4) is 0 Å². The fourth-order valence-corrected chi connectivity index (χ4v) is 6.84. The Labute approximate surface area is 304 Å². The molecule has 243 valence electrons. The summed E-state index contributed by atoms with van der Waals surface area (Å²) >= 11 is 1.06. The van der Waals surface area contributed by atoms with Gasteiger partial charge >= 0.3 is 21.0 Å². The molecule has 7 aromatic rings. The quantitative estimate of drug-likeness (QED) is 0.191. The van der Waals surface area contributed by atoms with Crippen molar-refractivity contribution >= 4 is 46.4 Å². The molecular formula is C44H30N4O2V. The summed E-state index contributed by atoms with van der Waals surface area (Å²) < 4.78 is 8.19. The SMILES string of the molecule is C1=Cc2nc1c(-c1ccccc1)c1ccc([nH]1)c(-c1ccccc1)c1nc(c(-c3ccccc3)c3ccc([nH]3)c2-c2ccccc2)C=C1.[O-2].[O]=[V+2]. The first-order valence-corrected chi connectivity index (χ1v) is 16.9. The normalized spacial score (nSPS) is 11.4. The van der Waals surface area contributed by atoms with Crippen molar-refractivity contribution in [2.75, 3.05) is 0 Å². The zero-order valence-electron chi connectivity index (χ0n) is 27.3. The molecule has 0 radical (unpaired) electrons. The van der Waals surface area contributed by atoms with Gasteiger partial charge in [-0.3, -0.25) is 0 Å². The van der Waals surface area contributed by atoms with Gasteiger partial charge in [-0.25, -0.2) is 9.97 Å². The number of nitrogens with zero attached hydrogens (tertiary/aromatic N) is 2. The number of nitrogens with one attached hydrogen (secondary N) is 2. The van der Waals surface area contributed by atoms with E-state index in [0.717, 1.165) is 107 Å². The molecule has 5 heterocycles. The third-order valence-electron chi connectivity index (χ3n) is 9.00. The molecule has 0 aliphatic carbocycles. The van der Waals surface area contributed by atoms with E-state index in [1.807, 2.05) is 24.3 Å². The summed E-state index contributed by atoms with van der Waals surface area (Å²) in [5.41, 5.74) is 16.2. The minimum atomic E-state index is 0. The average Bonchev–Trinajstić information content (AvgIpc) is 4.02. The van der Waals surface area contributed by atoms with E-state index in [-0.39, 0.29) is 5.48 Å². The van der Waals surface area contributed by atoms with Crippen molar-refractivity contribution in [3.05, 3.63) is 168 Å². The zero-order chi connectivity index (χ0) is 33.9. The molecule has 7 heteroatoms. The Bertz CT molecular complexity index is 2210. The summed E-state index contributed by atoms with van der Waals surface area (Å²) in [5, 5.41) is 0. The number of aromatic nitrogens is 4. The van der Waals surface area contributed by atoms with Gasteiger partial charge in [0.1, 0.15) is 0 Å². The number of benzene rings is 4. The molecule has 0 fully saturated rings. The van der Waals surface area contributed by atoms with Gasteiger partial charge in [0.15, 0.2) is 0 Å². The van der Waals surface area contributed by atoms with Crippen molar-refractivity contribution < 1.29 is 26.5 Å². The van der Waals surface area contributed by atoms with Gasteiger partial charge in [-0.15, -0.1) is 0 Å². The Hall–Kier alpha value is -6.18. The number of H-pyrrole nitrogens is 2. The molecule has 9 rings (SSSR count). The fourth-order valence-electron chi connectivity index (χ4n) is 6.84. The van der Waals surface area contributed by atoms with E-state index in [4.69, 9.17) is 13.6 Å². The van der Waals surface area contributed by atoms with Crippen LogP contribution in [0.2, 0.25) is 0 Å². The molecule has 8 bridgehead atoms. The third kappa shape index (κ3) is 6.36. The van der Waals surface area contributed by atoms with Crippen LogP contribution >= 0.6 is 0 Å². The summed E-state index contributed by atoms with van der Waals surface area (Å²) in [5.74, 6) is 0. The summed E-state index contributed by atoms with van der Waals surface area (Å²) in [6.07, 6.45) is 8.54. The summed E-state index contributed by atoms with van der Waals surface area (Å²) in [6, 6.07) is 50.7. The van der Waals surface area contributed by atoms with E-state index in [2.05, 4.69) is 156 Å². The average molecular weight is 698 g/mol. The second-order valence-corrected chi connectivity index (χ2v) is 12.0. The Kier molecular flexibility index (Phi) is 9.64. The van der Waals surface area contributed by atoms with Gasteiger partial charge in [-0.2, -0.15) is 0 Å². The molecule has 51 heavy (non-hydrogen) atoms. The van der Waals surface area contributed by atoms with E-state index in [0.29, 0.717) is 0 Å². The van der Waals surface area contributed by atoms with Crippen molar-refractivity contribution in [1.82, 2.24) is 19.9 Å². The molecular weight excluding hydrogens is 667 g/mol. The molecule has 0 saturated carbocycles. The third-order valence-corrected chi connectivity index (χ3v) is 9.00. The number of hydrogen-bond donors (Lipinski definition) is 2. The van der Waals surface area contributed by atoms with Gasteiger partial charge in [0, 0.05) is 44.3 Å². The molecule has 0 unspecified atom stereocenters. The number of fused-ring (bicyclic) bond motifs is 8. The first kappa shape index (κ1) is 33.3. The molecule has 0 atom stereocenters. The fraction of sp³-hybridized carbons (Fsp3) is 0. The predicted octanol–water partition coefficient (Wildman–Crippen LogP) is 11.1. The molecule has 2 aliphatic rings. The van der Waals surface area contributed by atoms with E-state index >= 15 is 0 Å². The van der Waals surface area contributed by atoms with Crippen molar-refractivity contribution in [1.29, 1.82) is 0 Å². The predicted molar refractivity (Wildman–Crippen MR) is 202 cm³/mol. The second-order valence-electron chi connectivity index (χ2n) is 12.0. The second kappa shape index (κ2) is 14.7. The van der Waals surface area contributed by atoms with Crippen molar-refractivity contribution in [3.63, 3.8) is 0 Å². The van der Waals surface area contributed by atoms with Crippen molar-refractivity contribution in [3.8, 4) is 44.5 Å². The molecule has 2 aliphatic heterocycles. The Morgan fingerprint density at radius 2 is 0.549 bits per heavy atom. The van der Waals surface area contributed by atoms with Gasteiger partial charge < -0.3 is 15.4 Å². The minimum absolute atomic E-state index is 0. The van der Waals surface area contributed by atoms with Crippen LogP contribution in [0.4, 0.5) is 0 Å². The molecule has 0 saturated heterocycles. The van der Waals surface area contributed by atoms with E-state index in [1.165, 1.54) is 0 Å². The Morgan fingerprint density at radius 3 is 0.765 bits per heavy atom. The summed E-state index contributed by atoms with van der Waals surface area (Å²) in [7, 11) is 0. The van der Waals surface area contributed by atoms with Gasteiger partial charge in [0.2, 0.25) is 0 Å². The number of rotatable bonds is 4. The molecule has 3 aromatic heterocycles. The van der Waals surface area contributed by atoms with Crippen LogP contribution in [0.15, 0.2) is 146 Å². The summed E-state index contributed by atoms with van der Waals surface area (Å²) in [6.45, 7) is 0. The van der Waals surface area contributed by atoms with Gasteiger partial charge in [0.25, 0.3) is 0 Å². The van der Waals surface area contributed by atoms with E-state index in [1.54, 1.807) is 0 Å². The van der Waals surface area contributed by atoms with Crippen LogP contribution in [0.1, 0.15) is 22.8 Å². The van der Waals surface area contributed by atoms with Crippen LogP contribution < -0.4 is 0 Å². The van der Waals surface area contributed by atoms with Crippen LogP contribution in [0.5, 0.6) is 0 Å². The molecule has 2 N–H and O–H groups in total. The monoisotopic (exact) mass is 697 g/mol. The molecule has 6 nitrogen and oxygen atoms in total. The van der Waals surface area contributed by atoms with Crippen molar-refractivity contribution in [2.24, 2.45) is 0 Å².